The van der Waals surface area contributed by atoms with E-state index in [1.165, 1.54) is 18.2 Å². The predicted molar refractivity (Wildman–Crippen MR) is 48.9 cm³/mol. The minimum absolute atomic E-state index is 0.233. The third-order valence-electron chi connectivity index (χ3n) is 2.01. The molecule has 0 saturated carbocycles. The van der Waals surface area contributed by atoms with Gasteiger partial charge in [0, 0.05) is 5.56 Å². The first-order valence-corrected chi connectivity index (χ1v) is 4.17. The fraction of sp³-hybridized carbons (Fsp3) is 0.200. The van der Waals surface area contributed by atoms with E-state index in [0.717, 1.165) is 0 Å². The van der Waals surface area contributed by atoms with Crippen LogP contribution in [0, 0.1) is 22.7 Å². The Kier molecular flexibility index (Phi) is 3.17. The van der Waals surface area contributed by atoms with Gasteiger partial charge in [0.15, 0.2) is 0 Å². The van der Waals surface area contributed by atoms with Gasteiger partial charge in [-0.3, -0.25) is 0 Å². The van der Waals surface area contributed by atoms with Crippen LogP contribution in [-0.4, -0.2) is 6.18 Å². The average Bonchev–Trinajstić information content (AvgIpc) is 2.25. The highest BCUT2D eigenvalue weighted by Crippen LogP contribution is 2.33. The molecule has 0 bridgehead atoms. The molecule has 0 heterocycles. The summed E-state index contributed by atoms with van der Waals surface area (Å²) >= 11 is 0. The van der Waals surface area contributed by atoms with Crippen LogP contribution >= 0.6 is 0 Å². The van der Waals surface area contributed by atoms with E-state index in [9.17, 15) is 13.2 Å². The topological polar surface area (TPSA) is 73.6 Å². The molecule has 1 atom stereocenters. The highest BCUT2D eigenvalue weighted by molar-refractivity contribution is 5.50. The van der Waals surface area contributed by atoms with E-state index < -0.39 is 17.8 Å². The van der Waals surface area contributed by atoms with Crippen molar-refractivity contribution in [2.24, 2.45) is 5.73 Å². The Balaban J connectivity index is 3.43. The van der Waals surface area contributed by atoms with E-state index >= 15 is 0 Å². The molecule has 0 aliphatic carbocycles. The lowest BCUT2D eigenvalue weighted by atomic mass is 9.96. The van der Waals surface area contributed by atoms with Gasteiger partial charge in [0.2, 0.25) is 0 Å². The van der Waals surface area contributed by atoms with Gasteiger partial charge in [0.05, 0.1) is 23.3 Å². The third-order valence-corrected chi connectivity index (χ3v) is 2.01. The first-order chi connectivity index (χ1) is 7.41. The monoisotopic (exact) mass is 225 g/mol. The van der Waals surface area contributed by atoms with Crippen LogP contribution < -0.4 is 5.73 Å². The second-order valence-corrected chi connectivity index (χ2v) is 3.01. The molecule has 3 nitrogen and oxygen atoms in total. The first-order valence-electron chi connectivity index (χ1n) is 4.17. The summed E-state index contributed by atoms with van der Waals surface area (Å²) in [5.74, 6) is 0. The average molecular weight is 225 g/mol. The van der Waals surface area contributed by atoms with Gasteiger partial charge >= 0.3 is 6.18 Å². The number of nitrogens with zero attached hydrogens (tertiary/aromatic N) is 2. The SMILES string of the molecule is N#Cc1cccc(C#N)c1[C@H](N)C(F)(F)F. The van der Waals surface area contributed by atoms with Gasteiger partial charge in [0.25, 0.3) is 0 Å². The molecule has 0 aromatic heterocycles. The van der Waals surface area contributed by atoms with Crippen LogP contribution in [0.4, 0.5) is 13.2 Å². The fourth-order valence-electron chi connectivity index (χ4n) is 1.26. The van der Waals surface area contributed by atoms with Crippen LogP contribution in [0.25, 0.3) is 0 Å². The molecule has 0 spiro atoms. The summed E-state index contributed by atoms with van der Waals surface area (Å²) < 4.78 is 37.3. The highest BCUT2D eigenvalue weighted by Gasteiger charge is 2.40. The molecular weight excluding hydrogens is 219 g/mol. The van der Waals surface area contributed by atoms with Crippen molar-refractivity contribution in [2.75, 3.05) is 0 Å². The van der Waals surface area contributed by atoms with Crippen molar-refractivity contribution < 1.29 is 13.2 Å². The number of nitriles is 2. The molecule has 82 valence electrons. The minimum Gasteiger partial charge on any atom is -0.316 e. The molecule has 0 radical (unpaired) electrons. The fourth-order valence-corrected chi connectivity index (χ4v) is 1.26. The summed E-state index contributed by atoms with van der Waals surface area (Å²) in [5.41, 5.74) is 4.06. The normalized spacial score (nSPS) is 12.6. The smallest absolute Gasteiger partial charge is 0.316 e. The van der Waals surface area contributed by atoms with E-state index in [1.54, 1.807) is 12.1 Å². The molecular formula is C10H6F3N3. The Hall–Kier alpha value is -2.05. The van der Waals surface area contributed by atoms with Crippen LogP contribution in [0.2, 0.25) is 0 Å². The second kappa shape index (κ2) is 4.21. The number of nitrogens with two attached hydrogens (primary N) is 1. The Morgan fingerprint density at radius 2 is 1.56 bits per heavy atom. The van der Waals surface area contributed by atoms with Gasteiger partial charge in [-0.25, -0.2) is 0 Å². The Morgan fingerprint density at radius 3 is 1.88 bits per heavy atom. The van der Waals surface area contributed by atoms with Crippen molar-refractivity contribution in [1.82, 2.24) is 0 Å². The van der Waals surface area contributed by atoms with Crippen molar-refractivity contribution in [3.05, 3.63) is 34.9 Å². The zero-order valence-corrected chi connectivity index (χ0v) is 7.92. The maximum atomic E-state index is 12.4. The Labute approximate surface area is 89.5 Å². The third kappa shape index (κ3) is 2.13. The molecule has 0 amide bonds. The van der Waals surface area contributed by atoms with Gasteiger partial charge in [-0.1, -0.05) is 6.07 Å². The summed E-state index contributed by atoms with van der Waals surface area (Å²) in [7, 11) is 0. The van der Waals surface area contributed by atoms with Crippen LogP contribution in [-0.2, 0) is 0 Å². The van der Waals surface area contributed by atoms with Crippen LogP contribution in [0.15, 0.2) is 18.2 Å². The highest BCUT2D eigenvalue weighted by atomic mass is 19.4. The van der Waals surface area contributed by atoms with Crippen molar-refractivity contribution in [3.63, 3.8) is 0 Å². The molecule has 0 saturated heterocycles. The van der Waals surface area contributed by atoms with Crippen molar-refractivity contribution in [2.45, 2.75) is 12.2 Å². The van der Waals surface area contributed by atoms with E-state index in [4.69, 9.17) is 16.3 Å². The maximum absolute atomic E-state index is 12.4. The summed E-state index contributed by atoms with van der Waals surface area (Å²) in [6, 6.07) is 4.59. The number of rotatable bonds is 1. The Bertz CT molecular complexity index is 447. The summed E-state index contributed by atoms with van der Waals surface area (Å²) in [6.45, 7) is 0. The molecule has 1 aromatic rings. The van der Waals surface area contributed by atoms with Crippen molar-refractivity contribution in [1.29, 1.82) is 10.5 Å². The van der Waals surface area contributed by atoms with Gasteiger partial charge in [-0.15, -0.1) is 0 Å². The van der Waals surface area contributed by atoms with Gasteiger partial charge in [-0.2, -0.15) is 23.7 Å². The zero-order chi connectivity index (χ0) is 12.3. The molecule has 6 heteroatoms. The predicted octanol–water partition coefficient (Wildman–Crippen LogP) is 1.99. The van der Waals surface area contributed by atoms with Crippen LogP contribution in [0.5, 0.6) is 0 Å². The van der Waals surface area contributed by atoms with Crippen LogP contribution in [0.1, 0.15) is 22.7 Å². The second-order valence-electron chi connectivity index (χ2n) is 3.01. The number of benzene rings is 1. The van der Waals surface area contributed by atoms with Crippen LogP contribution in [0.3, 0.4) is 0 Å². The van der Waals surface area contributed by atoms with E-state index in [0.29, 0.717) is 0 Å². The molecule has 16 heavy (non-hydrogen) atoms. The van der Waals surface area contributed by atoms with Gasteiger partial charge in [0.1, 0.15) is 6.04 Å². The number of hydrogen-bond donors (Lipinski definition) is 1. The number of hydrogen-bond acceptors (Lipinski definition) is 3. The molecule has 0 aliphatic rings. The van der Waals surface area contributed by atoms with E-state index in [2.05, 4.69) is 0 Å². The lowest BCUT2D eigenvalue weighted by Gasteiger charge is -2.17. The minimum atomic E-state index is -4.68. The van der Waals surface area contributed by atoms with E-state index in [1.807, 2.05) is 0 Å². The Morgan fingerprint density at radius 1 is 1.12 bits per heavy atom. The van der Waals surface area contributed by atoms with Crippen molar-refractivity contribution >= 4 is 0 Å². The quantitative estimate of drug-likeness (QED) is 0.794. The van der Waals surface area contributed by atoms with E-state index in [-0.39, 0.29) is 11.1 Å². The molecule has 0 unspecified atom stereocenters. The molecule has 0 fully saturated rings. The lowest BCUT2D eigenvalue weighted by Crippen LogP contribution is -2.30. The molecule has 1 rings (SSSR count). The zero-order valence-electron chi connectivity index (χ0n) is 7.92. The first kappa shape index (κ1) is 12.0. The summed E-state index contributed by atoms with van der Waals surface area (Å²) in [6.07, 6.45) is -4.68. The largest absolute Gasteiger partial charge is 0.407 e. The summed E-state index contributed by atoms with van der Waals surface area (Å²) in [4.78, 5) is 0. The number of alkyl halides is 3. The molecule has 0 aliphatic heterocycles. The maximum Gasteiger partial charge on any atom is 0.407 e. The van der Waals surface area contributed by atoms with Gasteiger partial charge < -0.3 is 5.73 Å². The standard InChI is InChI=1S/C10H6F3N3/c11-10(12,13)9(16)8-6(4-14)2-1-3-7(8)5-15/h1-3,9H,16H2/t9-/m0/s1. The van der Waals surface area contributed by atoms with Gasteiger partial charge in [-0.05, 0) is 12.1 Å². The lowest BCUT2D eigenvalue weighted by molar-refractivity contribution is -0.149. The number of halogens is 3. The molecule has 2 N–H and O–H groups in total. The van der Waals surface area contributed by atoms with Crippen molar-refractivity contribution in [3.8, 4) is 12.1 Å². The summed E-state index contributed by atoms with van der Waals surface area (Å²) in [5, 5.41) is 17.3. The molecule has 1 aromatic carbocycles.